The highest BCUT2D eigenvalue weighted by molar-refractivity contribution is 7.16. The van der Waals surface area contributed by atoms with Gasteiger partial charge in [-0.25, -0.2) is 4.98 Å². The lowest BCUT2D eigenvalue weighted by molar-refractivity contribution is 0.203. The van der Waals surface area contributed by atoms with Gasteiger partial charge in [-0.15, -0.1) is 11.3 Å². The molecule has 0 spiro atoms. The Labute approximate surface area is 126 Å². The Morgan fingerprint density at radius 1 is 1.20 bits per heavy atom. The second-order valence-corrected chi connectivity index (χ2v) is 12.1. The second kappa shape index (κ2) is 5.83. The van der Waals surface area contributed by atoms with Crippen molar-refractivity contribution in [3.05, 3.63) is 23.7 Å². The molecule has 1 aromatic carbocycles. The third-order valence-electron chi connectivity index (χ3n) is 3.92. The molecule has 0 fully saturated rings. The van der Waals surface area contributed by atoms with E-state index < -0.39 is 8.32 Å². The van der Waals surface area contributed by atoms with Crippen LogP contribution in [-0.4, -0.2) is 26.5 Å². The van der Waals surface area contributed by atoms with Crippen molar-refractivity contribution in [3.63, 3.8) is 0 Å². The highest BCUT2D eigenvalue weighted by Gasteiger charge is 2.36. The lowest BCUT2D eigenvalue weighted by Gasteiger charge is -2.36. The zero-order chi connectivity index (χ0) is 14.8. The summed E-state index contributed by atoms with van der Waals surface area (Å²) in [7, 11) is -1.66. The molecule has 5 heteroatoms. The molecule has 2 aromatic rings. The maximum atomic E-state index is 6.09. The number of thiazole rings is 1. The smallest absolute Gasteiger partial charge is 0.192 e. The van der Waals surface area contributed by atoms with Crippen LogP contribution in [0.15, 0.2) is 23.7 Å². The topological polar surface area (TPSA) is 31.4 Å². The van der Waals surface area contributed by atoms with Gasteiger partial charge in [-0.1, -0.05) is 20.8 Å². The Bertz CT molecular complexity index is 575. The number of benzene rings is 1. The van der Waals surface area contributed by atoms with E-state index in [1.807, 2.05) is 23.7 Å². The predicted molar refractivity (Wildman–Crippen MR) is 88.3 cm³/mol. The quantitative estimate of drug-likeness (QED) is 0.593. The molecule has 0 aliphatic heterocycles. The fraction of sp³-hybridized carbons (Fsp3) is 0.533. The Hall–Kier alpha value is -0.913. The largest absolute Gasteiger partial charge is 0.491 e. The van der Waals surface area contributed by atoms with E-state index >= 15 is 0 Å². The van der Waals surface area contributed by atoms with Crippen molar-refractivity contribution in [2.45, 2.75) is 38.9 Å². The van der Waals surface area contributed by atoms with Crippen LogP contribution in [0.4, 0.5) is 0 Å². The van der Waals surface area contributed by atoms with Crippen molar-refractivity contribution < 1.29 is 9.16 Å². The maximum absolute atomic E-state index is 6.09. The summed E-state index contributed by atoms with van der Waals surface area (Å²) >= 11 is 1.63. The van der Waals surface area contributed by atoms with E-state index in [0.29, 0.717) is 13.2 Å². The van der Waals surface area contributed by atoms with Crippen molar-refractivity contribution >= 4 is 29.9 Å². The number of rotatable bonds is 5. The molecule has 2 rings (SSSR count). The summed E-state index contributed by atoms with van der Waals surface area (Å²) in [6.07, 6.45) is 0. The molecule has 0 radical (unpaired) electrons. The van der Waals surface area contributed by atoms with E-state index in [1.165, 1.54) is 0 Å². The minimum atomic E-state index is -1.66. The highest BCUT2D eigenvalue weighted by atomic mass is 32.1. The molecule has 20 heavy (non-hydrogen) atoms. The first-order valence-corrected chi connectivity index (χ1v) is 10.7. The number of nitrogens with zero attached hydrogens (tertiary/aromatic N) is 1. The predicted octanol–water partition coefficient (Wildman–Crippen LogP) is 4.70. The molecule has 1 heterocycles. The average molecular weight is 310 g/mol. The molecule has 110 valence electrons. The SMILES string of the molecule is CC(C)(C)[Si](C)(C)OCCOc1ccc2ncsc2c1. The third kappa shape index (κ3) is 3.59. The minimum Gasteiger partial charge on any atom is -0.491 e. The monoisotopic (exact) mass is 309 g/mol. The zero-order valence-electron chi connectivity index (χ0n) is 12.9. The molecule has 0 unspecified atom stereocenters. The summed E-state index contributed by atoms with van der Waals surface area (Å²) in [5.41, 5.74) is 2.88. The van der Waals surface area contributed by atoms with Crippen molar-refractivity contribution in [3.8, 4) is 5.75 Å². The van der Waals surface area contributed by atoms with Crippen molar-refractivity contribution in [2.75, 3.05) is 13.2 Å². The molecule has 3 nitrogen and oxygen atoms in total. The van der Waals surface area contributed by atoms with Gasteiger partial charge in [-0.05, 0) is 36.3 Å². The number of fused-ring (bicyclic) bond motifs is 1. The molecule has 0 saturated heterocycles. The fourth-order valence-corrected chi connectivity index (χ4v) is 3.33. The molecule has 0 amide bonds. The van der Waals surface area contributed by atoms with E-state index in [9.17, 15) is 0 Å². The van der Waals surface area contributed by atoms with E-state index in [0.717, 1.165) is 16.0 Å². The third-order valence-corrected chi connectivity index (χ3v) is 9.25. The van der Waals surface area contributed by atoms with E-state index in [4.69, 9.17) is 9.16 Å². The summed E-state index contributed by atoms with van der Waals surface area (Å²) in [6, 6.07) is 6.00. The van der Waals surface area contributed by atoms with Gasteiger partial charge in [0, 0.05) is 0 Å². The molecular weight excluding hydrogens is 286 g/mol. The molecule has 0 bridgehead atoms. The van der Waals surface area contributed by atoms with E-state index in [2.05, 4.69) is 38.8 Å². The first-order valence-electron chi connectivity index (χ1n) is 6.90. The normalized spacial score (nSPS) is 12.8. The van der Waals surface area contributed by atoms with Crippen LogP contribution in [0.1, 0.15) is 20.8 Å². The molecule has 0 aliphatic rings. The van der Waals surface area contributed by atoms with Crippen molar-refractivity contribution in [1.82, 2.24) is 4.98 Å². The highest BCUT2D eigenvalue weighted by Crippen LogP contribution is 2.36. The van der Waals surface area contributed by atoms with Gasteiger partial charge in [-0.2, -0.15) is 0 Å². The molecule has 0 atom stereocenters. The molecule has 0 N–H and O–H groups in total. The summed E-state index contributed by atoms with van der Waals surface area (Å²) in [5, 5.41) is 0.245. The van der Waals surface area contributed by atoms with Gasteiger partial charge >= 0.3 is 0 Å². The van der Waals surface area contributed by atoms with Crippen molar-refractivity contribution in [2.24, 2.45) is 0 Å². The molecule has 0 saturated carbocycles. The van der Waals surface area contributed by atoms with Crippen LogP contribution in [0.3, 0.4) is 0 Å². The van der Waals surface area contributed by atoms with Crippen LogP contribution >= 0.6 is 11.3 Å². The van der Waals surface area contributed by atoms with Gasteiger partial charge < -0.3 is 9.16 Å². The number of aromatic nitrogens is 1. The molecule has 0 aliphatic carbocycles. The van der Waals surface area contributed by atoms with Crippen LogP contribution < -0.4 is 4.74 Å². The Morgan fingerprint density at radius 2 is 1.95 bits per heavy atom. The van der Waals surface area contributed by atoms with Crippen LogP contribution in [-0.2, 0) is 4.43 Å². The summed E-state index contributed by atoms with van der Waals surface area (Å²) < 4.78 is 13.0. The van der Waals surface area contributed by atoms with Crippen LogP contribution in [0.25, 0.3) is 10.2 Å². The standard InChI is InChI=1S/C15H23NO2SSi/c1-15(2,3)20(4,5)18-9-8-17-12-6-7-13-14(10-12)19-11-16-13/h6-7,10-11H,8-9H2,1-5H3. The summed E-state index contributed by atoms with van der Waals surface area (Å²) in [5.74, 6) is 0.889. The Kier molecular flexibility index (Phi) is 4.51. The summed E-state index contributed by atoms with van der Waals surface area (Å²) in [6.45, 7) is 12.5. The van der Waals surface area contributed by atoms with Gasteiger partial charge in [0.25, 0.3) is 0 Å². The van der Waals surface area contributed by atoms with Gasteiger partial charge in [0.05, 0.1) is 22.3 Å². The van der Waals surface area contributed by atoms with Gasteiger partial charge in [0.1, 0.15) is 12.4 Å². The lowest BCUT2D eigenvalue weighted by atomic mass is 10.2. The summed E-state index contributed by atoms with van der Waals surface area (Å²) in [4.78, 5) is 4.26. The van der Waals surface area contributed by atoms with Gasteiger partial charge in [0.15, 0.2) is 8.32 Å². The average Bonchev–Trinajstić information content (AvgIpc) is 2.80. The number of ether oxygens (including phenoxy) is 1. The Balaban J connectivity index is 1.84. The minimum absolute atomic E-state index is 0.245. The Morgan fingerprint density at radius 3 is 2.65 bits per heavy atom. The van der Waals surface area contributed by atoms with Crippen molar-refractivity contribution in [1.29, 1.82) is 0 Å². The van der Waals surface area contributed by atoms with E-state index in [1.54, 1.807) is 11.3 Å². The number of hydrogen-bond donors (Lipinski definition) is 0. The maximum Gasteiger partial charge on any atom is 0.192 e. The first kappa shape index (κ1) is 15.5. The lowest BCUT2D eigenvalue weighted by Crippen LogP contribution is -2.41. The first-order chi connectivity index (χ1) is 9.29. The van der Waals surface area contributed by atoms with Crippen LogP contribution in [0.5, 0.6) is 5.75 Å². The van der Waals surface area contributed by atoms with Gasteiger partial charge in [-0.3, -0.25) is 0 Å². The molecular formula is C15H23NO2SSi. The van der Waals surface area contributed by atoms with E-state index in [-0.39, 0.29) is 5.04 Å². The zero-order valence-corrected chi connectivity index (χ0v) is 14.7. The number of hydrogen-bond acceptors (Lipinski definition) is 4. The van der Waals surface area contributed by atoms with Gasteiger partial charge in [0.2, 0.25) is 0 Å². The van der Waals surface area contributed by atoms with Crippen LogP contribution in [0, 0.1) is 0 Å². The fourth-order valence-electron chi connectivity index (χ4n) is 1.60. The second-order valence-electron chi connectivity index (χ2n) is 6.44. The molecule has 1 aromatic heterocycles. The van der Waals surface area contributed by atoms with Crippen LogP contribution in [0.2, 0.25) is 18.1 Å².